The van der Waals surface area contributed by atoms with Gasteiger partial charge in [0.05, 0.1) is 5.56 Å². The first-order chi connectivity index (χ1) is 14.2. The van der Waals surface area contributed by atoms with E-state index in [-0.39, 0.29) is 17.8 Å². The van der Waals surface area contributed by atoms with Crippen LogP contribution in [0.2, 0.25) is 0 Å². The predicted octanol–water partition coefficient (Wildman–Crippen LogP) is 4.66. The molecule has 1 amide bonds. The fourth-order valence-corrected chi connectivity index (χ4v) is 3.51. The van der Waals surface area contributed by atoms with E-state index in [0.29, 0.717) is 5.56 Å². The first kappa shape index (κ1) is 22.1. The Morgan fingerprint density at radius 3 is 2.47 bits per heavy atom. The molecule has 30 heavy (non-hydrogen) atoms. The Morgan fingerprint density at radius 2 is 1.83 bits per heavy atom. The molecule has 0 spiro atoms. The standard InChI is InChI=1S/C23H26F3N3O/c1-4-17-13-18(6-5-16(17)2)22(30)27-20-8-7-19(21(14-20)23(24,25)26)15-29-11-9-28(3)10-12-29/h4-8,13-14H,1,9-12,15H2,2-3H3,(H,27,30). The highest BCUT2D eigenvalue weighted by Crippen LogP contribution is 2.34. The van der Waals surface area contributed by atoms with Crippen LogP contribution in [-0.4, -0.2) is 48.9 Å². The zero-order chi connectivity index (χ0) is 21.9. The van der Waals surface area contributed by atoms with Gasteiger partial charge in [-0.05, 0) is 54.9 Å². The second kappa shape index (κ2) is 9.02. The number of halogens is 3. The molecule has 1 saturated heterocycles. The number of carbonyl (C=O) groups is 1. The molecule has 2 aromatic carbocycles. The SMILES string of the molecule is C=Cc1cc(C(=O)Nc2ccc(CN3CCN(C)CC3)c(C(F)(F)F)c2)ccc1C. The van der Waals surface area contributed by atoms with Crippen LogP contribution < -0.4 is 5.32 Å². The summed E-state index contributed by atoms with van der Waals surface area (Å²) < 4.78 is 41.1. The Hall–Kier alpha value is -2.64. The predicted molar refractivity (Wildman–Crippen MR) is 113 cm³/mol. The third kappa shape index (κ3) is 5.29. The van der Waals surface area contributed by atoms with Crippen molar-refractivity contribution < 1.29 is 18.0 Å². The first-order valence-electron chi connectivity index (χ1n) is 9.83. The van der Waals surface area contributed by atoms with Crippen molar-refractivity contribution in [2.75, 3.05) is 38.5 Å². The molecule has 0 radical (unpaired) electrons. The summed E-state index contributed by atoms with van der Waals surface area (Å²) in [6.45, 7) is 8.96. The molecule has 1 aliphatic heterocycles. The number of piperazine rings is 1. The molecule has 1 N–H and O–H groups in total. The third-order valence-corrected chi connectivity index (χ3v) is 5.42. The first-order valence-corrected chi connectivity index (χ1v) is 9.83. The number of amides is 1. The van der Waals surface area contributed by atoms with E-state index in [2.05, 4.69) is 16.8 Å². The van der Waals surface area contributed by atoms with Crippen molar-refractivity contribution in [1.82, 2.24) is 9.80 Å². The summed E-state index contributed by atoms with van der Waals surface area (Å²) in [6, 6.07) is 9.11. The Balaban J connectivity index is 1.80. The maximum absolute atomic E-state index is 13.7. The minimum Gasteiger partial charge on any atom is -0.322 e. The molecule has 0 saturated carbocycles. The van der Waals surface area contributed by atoms with Gasteiger partial charge < -0.3 is 10.2 Å². The van der Waals surface area contributed by atoms with Crippen molar-refractivity contribution in [3.05, 3.63) is 70.8 Å². The summed E-state index contributed by atoms with van der Waals surface area (Å²) in [5.74, 6) is -0.460. The van der Waals surface area contributed by atoms with E-state index in [0.717, 1.165) is 43.4 Å². The van der Waals surface area contributed by atoms with Gasteiger partial charge >= 0.3 is 6.18 Å². The van der Waals surface area contributed by atoms with Crippen molar-refractivity contribution in [3.63, 3.8) is 0 Å². The molecule has 160 valence electrons. The Kier molecular flexibility index (Phi) is 6.63. The van der Waals surface area contributed by atoms with E-state index in [9.17, 15) is 18.0 Å². The average molecular weight is 417 g/mol. The molecule has 3 rings (SSSR count). The molecular weight excluding hydrogens is 391 g/mol. The van der Waals surface area contributed by atoms with Crippen LogP contribution in [0, 0.1) is 6.92 Å². The number of anilines is 1. The number of nitrogens with zero attached hydrogens (tertiary/aromatic N) is 2. The number of benzene rings is 2. The van der Waals surface area contributed by atoms with Crippen LogP contribution in [-0.2, 0) is 12.7 Å². The van der Waals surface area contributed by atoms with Crippen LogP contribution in [0.4, 0.5) is 18.9 Å². The van der Waals surface area contributed by atoms with E-state index >= 15 is 0 Å². The molecule has 7 heteroatoms. The van der Waals surface area contributed by atoms with Gasteiger partial charge in [-0.1, -0.05) is 24.8 Å². The Morgan fingerprint density at radius 1 is 1.13 bits per heavy atom. The molecule has 0 bridgehead atoms. The zero-order valence-electron chi connectivity index (χ0n) is 17.2. The fraction of sp³-hybridized carbons (Fsp3) is 0.348. The van der Waals surface area contributed by atoms with Crippen molar-refractivity contribution >= 4 is 17.7 Å². The van der Waals surface area contributed by atoms with Gasteiger partial charge in [0.15, 0.2) is 0 Å². The molecular formula is C23H26F3N3O. The molecule has 0 aromatic heterocycles. The van der Waals surface area contributed by atoms with E-state index < -0.39 is 17.6 Å². The van der Waals surface area contributed by atoms with Crippen molar-refractivity contribution in [3.8, 4) is 0 Å². The van der Waals surface area contributed by atoms with E-state index in [4.69, 9.17) is 0 Å². The topological polar surface area (TPSA) is 35.6 Å². The smallest absolute Gasteiger partial charge is 0.322 e. The van der Waals surface area contributed by atoms with Crippen LogP contribution in [0.1, 0.15) is 32.6 Å². The van der Waals surface area contributed by atoms with E-state index in [1.54, 1.807) is 24.3 Å². The van der Waals surface area contributed by atoms with Gasteiger partial charge in [0.1, 0.15) is 0 Å². The number of rotatable bonds is 5. The largest absolute Gasteiger partial charge is 0.416 e. The second-order valence-corrected chi connectivity index (χ2v) is 7.68. The fourth-order valence-electron chi connectivity index (χ4n) is 3.51. The molecule has 2 aromatic rings. The average Bonchev–Trinajstić information content (AvgIpc) is 2.70. The quantitative estimate of drug-likeness (QED) is 0.769. The summed E-state index contributed by atoms with van der Waals surface area (Å²) >= 11 is 0. The van der Waals surface area contributed by atoms with Gasteiger partial charge in [0.2, 0.25) is 0 Å². The highest BCUT2D eigenvalue weighted by Gasteiger charge is 2.34. The van der Waals surface area contributed by atoms with Crippen molar-refractivity contribution in [2.24, 2.45) is 0 Å². The van der Waals surface area contributed by atoms with Crippen molar-refractivity contribution in [2.45, 2.75) is 19.6 Å². The number of hydrogen-bond acceptors (Lipinski definition) is 3. The second-order valence-electron chi connectivity index (χ2n) is 7.68. The van der Waals surface area contributed by atoms with Gasteiger partial charge in [0, 0.05) is 44.0 Å². The summed E-state index contributed by atoms with van der Waals surface area (Å²) in [4.78, 5) is 16.7. The highest BCUT2D eigenvalue weighted by atomic mass is 19.4. The molecule has 4 nitrogen and oxygen atoms in total. The number of carbonyl (C=O) groups excluding carboxylic acids is 1. The maximum Gasteiger partial charge on any atom is 0.416 e. The van der Waals surface area contributed by atoms with Gasteiger partial charge in [-0.3, -0.25) is 9.69 Å². The molecule has 0 aliphatic carbocycles. The number of likely N-dealkylation sites (N-methyl/N-ethyl adjacent to an activating group) is 1. The summed E-state index contributed by atoms with van der Waals surface area (Å²) in [5.41, 5.74) is 1.76. The number of hydrogen-bond donors (Lipinski definition) is 1. The van der Waals surface area contributed by atoms with Crippen molar-refractivity contribution in [1.29, 1.82) is 0 Å². The zero-order valence-corrected chi connectivity index (χ0v) is 17.2. The summed E-state index contributed by atoms with van der Waals surface area (Å²) in [6.07, 6.45) is -2.86. The molecule has 0 unspecified atom stereocenters. The molecule has 1 fully saturated rings. The van der Waals surface area contributed by atoms with Gasteiger partial charge in [-0.15, -0.1) is 0 Å². The monoisotopic (exact) mass is 417 g/mol. The van der Waals surface area contributed by atoms with Crippen LogP contribution in [0.5, 0.6) is 0 Å². The lowest BCUT2D eigenvalue weighted by molar-refractivity contribution is -0.138. The van der Waals surface area contributed by atoms with E-state index in [1.165, 1.54) is 12.1 Å². The lowest BCUT2D eigenvalue weighted by Crippen LogP contribution is -2.44. The molecule has 1 aliphatic rings. The van der Waals surface area contributed by atoms with Gasteiger partial charge in [0.25, 0.3) is 5.91 Å². The lowest BCUT2D eigenvalue weighted by atomic mass is 10.0. The number of alkyl halides is 3. The van der Waals surface area contributed by atoms with Crippen LogP contribution in [0.3, 0.4) is 0 Å². The number of aryl methyl sites for hydroxylation is 1. The Labute approximate surface area is 175 Å². The number of nitrogens with one attached hydrogen (secondary N) is 1. The minimum atomic E-state index is -4.50. The van der Waals surface area contributed by atoms with Crippen LogP contribution >= 0.6 is 0 Å². The third-order valence-electron chi connectivity index (χ3n) is 5.42. The highest BCUT2D eigenvalue weighted by molar-refractivity contribution is 6.04. The summed E-state index contributed by atoms with van der Waals surface area (Å²) in [7, 11) is 2.00. The molecule has 0 atom stereocenters. The lowest BCUT2D eigenvalue weighted by Gasteiger charge is -2.33. The Bertz CT molecular complexity index is 932. The normalized spacial score (nSPS) is 15.8. The molecule has 1 heterocycles. The van der Waals surface area contributed by atoms with Crippen LogP contribution in [0.15, 0.2) is 43.0 Å². The van der Waals surface area contributed by atoms with Crippen LogP contribution in [0.25, 0.3) is 6.08 Å². The minimum absolute atomic E-state index is 0.121. The van der Waals surface area contributed by atoms with Gasteiger partial charge in [-0.2, -0.15) is 13.2 Å². The van der Waals surface area contributed by atoms with Gasteiger partial charge in [-0.25, -0.2) is 0 Å². The maximum atomic E-state index is 13.7. The van der Waals surface area contributed by atoms with E-state index in [1.807, 2.05) is 18.9 Å². The summed E-state index contributed by atoms with van der Waals surface area (Å²) in [5, 5.41) is 2.58.